The van der Waals surface area contributed by atoms with Crippen LogP contribution >= 0.6 is 0 Å². The number of hydrogen-bond acceptors (Lipinski definition) is 2. The molecule has 0 saturated carbocycles. The predicted molar refractivity (Wildman–Crippen MR) is 59.1 cm³/mol. The zero-order valence-electron chi connectivity index (χ0n) is 8.74. The fraction of sp³-hybridized carbons (Fsp3) is 0.0769. The normalized spacial score (nSPS) is 9.81. The summed E-state index contributed by atoms with van der Waals surface area (Å²) in [4.78, 5) is 3.79. The number of hydrogen-bond donors (Lipinski definition) is 0. The van der Waals surface area contributed by atoms with Gasteiger partial charge in [0.15, 0.2) is 0 Å². The van der Waals surface area contributed by atoms with Gasteiger partial charge in [0.2, 0.25) is 0 Å². The second-order valence-electron chi connectivity index (χ2n) is 3.59. The van der Waals surface area contributed by atoms with Gasteiger partial charge < -0.3 is 0 Å². The van der Waals surface area contributed by atoms with E-state index < -0.39 is 0 Å². The van der Waals surface area contributed by atoms with E-state index in [0.717, 1.165) is 17.3 Å². The fourth-order valence-corrected chi connectivity index (χ4v) is 1.58. The maximum absolute atomic E-state index is 13.0. The first-order valence-electron chi connectivity index (χ1n) is 4.82. The number of pyridine rings is 1. The highest BCUT2D eigenvalue weighted by molar-refractivity contribution is 5.65. The monoisotopic (exact) mass is 212 g/mol. The average Bonchev–Trinajstić information content (AvgIpc) is 2.28. The summed E-state index contributed by atoms with van der Waals surface area (Å²) in [5.74, 6) is -0.377. The molecule has 0 N–H and O–H groups in total. The number of nitriles is 1. The van der Waals surface area contributed by atoms with Crippen molar-refractivity contribution in [2.24, 2.45) is 0 Å². The highest BCUT2D eigenvalue weighted by Crippen LogP contribution is 2.21. The first kappa shape index (κ1) is 10.3. The van der Waals surface area contributed by atoms with Gasteiger partial charge in [-0.25, -0.2) is 4.39 Å². The highest BCUT2D eigenvalue weighted by Gasteiger charge is 2.02. The van der Waals surface area contributed by atoms with E-state index in [9.17, 15) is 4.39 Å². The summed E-state index contributed by atoms with van der Waals surface area (Å²) in [5, 5.41) is 8.85. The lowest BCUT2D eigenvalue weighted by Gasteiger charge is -2.03. The third-order valence-electron chi connectivity index (χ3n) is 2.24. The highest BCUT2D eigenvalue weighted by atomic mass is 19.1. The molecule has 0 aliphatic rings. The van der Waals surface area contributed by atoms with Crippen molar-refractivity contribution in [2.45, 2.75) is 6.92 Å². The van der Waals surface area contributed by atoms with Gasteiger partial charge in [0.25, 0.3) is 0 Å². The zero-order valence-corrected chi connectivity index (χ0v) is 8.74. The van der Waals surface area contributed by atoms with E-state index in [-0.39, 0.29) is 5.82 Å². The van der Waals surface area contributed by atoms with Gasteiger partial charge in [-0.15, -0.1) is 0 Å². The molecule has 0 unspecified atom stereocenters. The van der Waals surface area contributed by atoms with Crippen LogP contribution in [-0.4, -0.2) is 4.98 Å². The van der Waals surface area contributed by atoms with Crippen molar-refractivity contribution in [3.05, 3.63) is 53.6 Å². The lowest BCUT2D eigenvalue weighted by molar-refractivity contribution is 0.622. The Kier molecular flexibility index (Phi) is 2.65. The molecule has 2 rings (SSSR count). The van der Waals surface area contributed by atoms with E-state index in [1.54, 1.807) is 18.3 Å². The molecule has 2 aromatic rings. The average molecular weight is 212 g/mol. The first-order chi connectivity index (χ1) is 7.69. The molecule has 1 aromatic carbocycles. The molecule has 0 aliphatic carbocycles. The van der Waals surface area contributed by atoms with Gasteiger partial charge in [-0.2, -0.15) is 5.26 Å². The van der Waals surface area contributed by atoms with E-state index in [1.165, 1.54) is 6.07 Å². The number of rotatable bonds is 1. The first-order valence-corrected chi connectivity index (χ1v) is 4.82. The molecule has 0 bridgehead atoms. The van der Waals surface area contributed by atoms with Gasteiger partial charge in [0.1, 0.15) is 5.82 Å². The molecular weight excluding hydrogens is 203 g/mol. The van der Waals surface area contributed by atoms with Crippen molar-refractivity contribution in [1.29, 1.82) is 5.26 Å². The Morgan fingerprint density at radius 2 is 1.94 bits per heavy atom. The van der Waals surface area contributed by atoms with Crippen molar-refractivity contribution in [1.82, 2.24) is 4.98 Å². The van der Waals surface area contributed by atoms with Crippen molar-refractivity contribution in [3.63, 3.8) is 0 Å². The quantitative estimate of drug-likeness (QED) is 0.728. The molecule has 0 spiro atoms. The molecule has 1 heterocycles. The van der Waals surface area contributed by atoms with Crippen LogP contribution in [0.1, 0.15) is 11.1 Å². The van der Waals surface area contributed by atoms with Crippen LogP contribution in [0.3, 0.4) is 0 Å². The lowest BCUT2D eigenvalue weighted by atomic mass is 10.0. The molecule has 78 valence electrons. The van der Waals surface area contributed by atoms with Crippen molar-refractivity contribution in [3.8, 4) is 17.2 Å². The van der Waals surface area contributed by atoms with Crippen LogP contribution < -0.4 is 0 Å². The van der Waals surface area contributed by atoms with E-state index in [4.69, 9.17) is 5.26 Å². The van der Waals surface area contributed by atoms with Gasteiger partial charge in [0.05, 0.1) is 17.8 Å². The van der Waals surface area contributed by atoms with E-state index in [2.05, 4.69) is 11.1 Å². The third kappa shape index (κ3) is 2.06. The van der Waals surface area contributed by atoms with Gasteiger partial charge in [-0.3, -0.25) is 4.98 Å². The number of aromatic nitrogens is 1. The van der Waals surface area contributed by atoms with Crippen molar-refractivity contribution >= 4 is 0 Å². The Balaban J connectivity index is 2.56. The van der Waals surface area contributed by atoms with E-state index >= 15 is 0 Å². The number of aryl methyl sites for hydroxylation is 1. The summed E-state index contributed by atoms with van der Waals surface area (Å²) in [6.45, 7) is 1.90. The van der Waals surface area contributed by atoms with Crippen LogP contribution in [-0.2, 0) is 0 Å². The second kappa shape index (κ2) is 4.11. The number of benzene rings is 1. The smallest absolute Gasteiger partial charge is 0.142 e. The summed E-state index contributed by atoms with van der Waals surface area (Å²) in [7, 11) is 0. The summed E-state index contributed by atoms with van der Waals surface area (Å²) < 4.78 is 13.0. The lowest BCUT2D eigenvalue weighted by Crippen LogP contribution is -1.86. The maximum Gasteiger partial charge on any atom is 0.142 e. The van der Waals surface area contributed by atoms with Crippen molar-refractivity contribution in [2.75, 3.05) is 0 Å². The molecule has 2 nitrogen and oxygen atoms in total. The molecule has 1 aromatic heterocycles. The molecule has 0 saturated heterocycles. The molecule has 0 radical (unpaired) electrons. The predicted octanol–water partition coefficient (Wildman–Crippen LogP) is 3.07. The summed E-state index contributed by atoms with van der Waals surface area (Å²) >= 11 is 0. The molecular formula is C13H9FN2. The van der Waals surface area contributed by atoms with Crippen molar-refractivity contribution < 1.29 is 4.39 Å². The Labute approximate surface area is 93.0 Å². The number of nitrogens with zero attached hydrogens (tertiary/aromatic N) is 2. The fourth-order valence-electron chi connectivity index (χ4n) is 1.58. The van der Waals surface area contributed by atoms with Gasteiger partial charge in [0, 0.05) is 11.8 Å². The van der Waals surface area contributed by atoms with Gasteiger partial charge in [-0.05, 0) is 36.2 Å². The minimum absolute atomic E-state index is 0.377. The van der Waals surface area contributed by atoms with Crippen LogP contribution in [0.15, 0.2) is 36.7 Å². The maximum atomic E-state index is 13.0. The molecule has 0 fully saturated rings. The van der Waals surface area contributed by atoms with Gasteiger partial charge >= 0.3 is 0 Å². The molecule has 16 heavy (non-hydrogen) atoms. The Morgan fingerprint density at radius 3 is 2.62 bits per heavy atom. The van der Waals surface area contributed by atoms with E-state index in [1.807, 2.05) is 13.0 Å². The second-order valence-corrected chi connectivity index (χ2v) is 3.59. The topological polar surface area (TPSA) is 36.7 Å². The minimum atomic E-state index is -0.377. The van der Waals surface area contributed by atoms with Crippen LogP contribution in [0.25, 0.3) is 11.1 Å². The Hall–Kier alpha value is -2.21. The summed E-state index contributed by atoms with van der Waals surface area (Å²) in [6, 6.07) is 8.90. The summed E-state index contributed by atoms with van der Waals surface area (Å²) in [6.07, 6.45) is 2.74. The SMILES string of the molecule is Cc1cc(C#N)cc(-c2cncc(F)c2)c1. The number of halogens is 1. The molecule has 3 heteroatoms. The Bertz CT molecular complexity index is 570. The van der Waals surface area contributed by atoms with E-state index in [0.29, 0.717) is 11.1 Å². The van der Waals surface area contributed by atoms with Crippen LogP contribution in [0.2, 0.25) is 0 Å². The summed E-state index contributed by atoms with van der Waals surface area (Å²) in [5.41, 5.74) is 3.03. The standard InChI is InChI=1S/C13H9FN2/c1-9-2-10(6-15)4-11(3-9)12-5-13(14)8-16-7-12/h2-5,7-8H,1H3. The molecule has 0 amide bonds. The van der Waals surface area contributed by atoms with Gasteiger partial charge in [-0.1, -0.05) is 6.07 Å². The Morgan fingerprint density at radius 1 is 1.12 bits per heavy atom. The van der Waals surface area contributed by atoms with Crippen LogP contribution in [0.5, 0.6) is 0 Å². The zero-order chi connectivity index (χ0) is 11.5. The van der Waals surface area contributed by atoms with Crippen LogP contribution in [0.4, 0.5) is 4.39 Å². The third-order valence-corrected chi connectivity index (χ3v) is 2.24. The molecule has 0 aliphatic heterocycles. The minimum Gasteiger partial charge on any atom is -0.261 e. The largest absolute Gasteiger partial charge is 0.261 e. The molecule has 0 atom stereocenters. The van der Waals surface area contributed by atoms with Crippen LogP contribution in [0, 0.1) is 24.1 Å².